The van der Waals surface area contributed by atoms with E-state index in [2.05, 4.69) is 74.4 Å². The van der Waals surface area contributed by atoms with E-state index >= 15 is 0 Å². The lowest BCUT2D eigenvalue weighted by molar-refractivity contribution is 1.17. The van der Waals surface area contributed by atoms with Crippen LogP contribution >= 0.6 is 15.9 Å². The lowest BCUT2D eigenvalue weighted by Crippen LogP contribution is -1.96. The smallest absolute Gasteiger partial charge is 0.160 e. The van der Waals surface area contributed by atoms with Crippen LogP contribution in [0.1, 0.15) is 5.56 Å². The van der Waals surface area contributed by atoms with E-state index in [1.807, 2.05) is 54.6 Å². The number of benzene rings is 3. The largest absolute Gasteiger partial charge is 0.265 e. The minimum atomic E-state index is 0.631. The summed E-state index contributed by atoms with van der Waals surface area (Å²) in [6, 6.07) is 34.2. The predicted molar refractivity (Wildman–Crippen MR) is 157 cm³/mol. The normalized spacial score (nSPS) is 10.7. The third-order valence-electron chi connectivity index (χ3n) is 6.40. The predicted octanol–water partition coefficient (Wildman–Crippen LogP) is 8.24. The van der Waals surface area contributed by atoms with Gasteiger partial charge in [0.2, 0.25) is 0 Å². The van der Waals surface area contributed by atoms with Crippen molar-refractivity contribution < 1.29 is 0 Å². The maximum absolute atomic E-state index is 9.09. The Balaban J connectivity index is 1.45. The number of hydrogen-bond donors (Lipinski definition) is 0. The second-order valence-corrected chi connectivity index (χ2v) is 9.84. The Kier molecular flexibility index (Phi) is 6.73. The van der Waals surface area contributed by atoms with Gasteiger partial charge in [-0.1, -0.05) is 52.3 Å². The molecule has 39 heavy (non-hydrogen) atoms. The molecule has 184 valence electrons. The first-order valence-electron chi connectivity index (χ1n) is 12.3. The van der Waals surface area contributed by atoms with Crippen LogP contribution in [-0.2, 0) is 0 Å². The molecule has 0 bridgehead atoms. The zero-order valence-corrected chi connectivity index (χ0v) is 22.2. The summed E-state index contributed by atoms with van der Waals surface area (Å²) in [6.07, 6.45) is 7.08. The van der Waals surface area contributed by atoms with E-state index in [9.17, 15) is 0 Å². The summed E-state index contributed by atoms with van der Waals surface area (Å²) in [5.41, 5.74) is 9.41. The zero-order valence-electron chi connectivity index (χ0n) is 20.7. The summed E-state index contributed by atoms with van der Waals surface area (Å²) in [6.45, 7) is 0. The Morgan fingerprint density at radius 1 is 0.487 bits per heavy atom. The van der Waals surface area contributed by atoms with Crippen LogP contribution in [0.5, 0.6) is 0 Å². The standard InChI is InChI=1S/C33H20BrN5/c34-30-18-28(25-9-13-36-14-10-25)17-29(19-30)32-20-31(38-33(39-32)27-11-15-37-16-12-27)26-7-5-24(6-8-26)23-3-1-22(21-35)2-4-23/h1-20H. The highest BCUT2D eigenvalue weighted by Crippen LogP contribution is 2.33. The number of pyridine rings is 2. The number of aromatic nitrogens is 4. The van der Waals surface area contributed by atoms with Gasteiger partial charge in [0.15, 0.2) is 5.82 Å². The molecule has 0 N–H and O–H groups in total. The minimum Gasteiger partial charge on any atom is -0.265 e. The van der Waals surface area contributed by atoms with Gasteiger partial charge in [-0.15, -0.1) is 0 Å². The molecule has 3 aromatic heterocycles. The highest BCUT2D eigenvalue weighted by atomic mass is 79.9. The quantitative estimate of drug-likeness (QED) is 0.210. The number of rotatable bonds is 5. The summed E-state index contributed by atoms with van der Waals surface area (Å²) in [4.78, 5) is 18.2. The molecule has 0 radical (unpaired) electrons. The molecule has 5 nitrogen and oxygen atoms in total. The second-order valence-electron chi connectivity index (χ2n) is 8.93. The van der Waals surface area contributed by atoms with Crippen molar-refractivity contribution >= 4 is 15.9 Å². The first-order chi connectivity index (χ1) is 19.2. The van der Waals surface area contributed by atoms with Gasteiger partial charge in [0.05, 0.1) is 23.0 Å². The topological polar surface area (TPSA) is 75.3 Å². The molecule has 0 atom stereocenters. The molecular weight excluding hydrogens is 546 g/mol. The minimum absolute atomic E-state index is 0.631. The van der Waals surface area contributed by atoms with Crippen molar-refractivity contribution in [2.24, 2.45) is 0 Å². The maximum atomic E-state index is 9.09. The third kappa shape index (κ3) is 5.35. The highest BCUT2D eigenvalue weighted by molar-refractivity contribution is 9.10. The first kappa shape index (κ1) is 24.4. The summed E-state index contributed by atoms with van der Waals surface area (Å²) < 4.78 is 0.962. The van der Waals surface area contributed by atoms with Crippen LogP contribution in [0.3, 0.4) is 0 Å². The Bertz CT molecular complexity index is 1800. The molecule has 0 aliphatic rings. The molecule has 3 aromatic carbocycles. The van der Waals surface area contributed by atoms with E-state index in [1.165, 1.54) is 0 Å². The van der Waals surface area contributed by atoms with Crippen LogP contribution in [0.4, 0.5) is 0 Å². The van der Waals surface area contributed by atoms with Crippen LogP contribution in [0.25, 0.3) is 56.2 Å². The van der Waals surface area contributed by atoms with E-state index in [0.717, 1.165) is 54.8 Å². The van der Waals surface area contributed by atoms with E-state index in [0.29, 0.717) is 11.4 Å². The Morgan fingerprint density at radius 3 is 1.59 bits per heavy atom. The number of nitriles is 1. The fourth-order valence-electron chi connectivity index (χ4n) is 4.39. The molecule has 0 saturated heterocycles. The van der Waals surface area contributed by atoms with Crippen LogP contribution < -0.4 is 0 Å². The van der Waals surface area contributed by atoms with E-state index in [1.54, 1.807) is 24.8 Å². The van der Waals surface area contributed by atoms with Gasteiger partial charge in [-0.2, -0.15) is 5.26 Å². The molecular formula is C33H20BrN5. The molecule has 6 aromatic rings. The van der Waals surface area contributed by atoms with Crippen LogP contribution in [0.2, 0.25) is 0 Å². The van der Waals surface area contributed by atoms with Gasteiger partial charge < -0.3 is 0 Å². The lowest BCUT2D eigenvalue weighted by Gasteiger charge is -2.12. The molecule has 6 rings (SSSR count). The molecule has 0 amide bonds. The average Bonchev–Trinajstić information content (AvgIpc) is 3.01. The summed E-state index contributed by atoms with van der Waals surface area (Å²) >= 11 is 3.69. The Morgan fingerprint density at radius 2 is 0.974 bits per heavy atom. The molecule has 0 aliphatic carbocycles. The van der Waals surface area contributed by atoms with Crippen molar-refractivity contribution in [1.29, 1.82) is 5.26 Å². The number of halogens is 1. The number of nitrogens with zero attached hydrogens (tertiary/aromatic N) is 5. The van der Waals surface area contributed by atoms with Crippen LogP contribution in [-0.4, -0.2) is 19.9 Å². The van der Waals surface area contributed by atoms with Crippen molar-refractivity contribution in [2.45, 2.75) is 0 Å². The molecule has 0 unspecified atom stereocenters. The molecule has 0 spiro atoms. The van der Waals surface area contributed by atoms with Crippen molar-refractivity contribution in [1.82, 2.24) is 19.9 Å². The fourth-order valence-corrected chi connectivity index (χ4v) is 4.89. The van der Waals surface area contributed by atoms with Gasteiger partial charge in [-0.25, -0.2) is 9.97 Å². The van der Waals surface area contributed by atoms with Crippen LogP contribution in [0, 0.1) is 11.3 Å². The van der Waals surface area contributed by atoms with E-state index in [4.69, 9.17) is 15.2 Å². The van der Waals surface area contributed by atoms with Gasteiger partial charge in [0.25, 0.3) is 0 Å². The highest BCUT2D eigenvalue weighted by Gasteiger charge is 2.13. The average molecular weight is 566 g/mol. The van der Waals surface area contributed by atoms with Gasteiger partial charge >= 0.3 is 0 Å². The van der Waals surface area contributed by atoms with Crippen molar-refractivity contribution in [3.8, 4) is 62.2 Å². The molecule has 0 saturated carbocycles. The summed E-state index contributed by atoms with van der Waals surface area (Å²) in [7, 11) is 0. The third-order valence-corrected chi connectivity index (χ3v) is 6.86. The molecule has 0 aliphatic heterocycles. The van der Waals surface area contributed by atoms with Crippen molar-refractivity contribution in [3.63, 3.8) is 0 Å². The van der Waals surface area contributed by atoms with Crippen molar-refractivity contribution in [2.75, 3.05) is 0 Å². The van der Waals surface area contributed by atoms with Gasteiger partial charge in [0, 0.05) is 46.0 Å². The fraction of sp³-hybridized carbons (Fsp3) is 0. The summed E-state index contributed by atoms with van der Waals surface area (Å²) in [5.74, 6) is 0.631. The summed E-state index contributed by atoms with van der Waals surface area (Å²) in [5, 5.41) is 9.09. The Hall–Kier alpha value is -4.99. The van der Waals surface area contributed by atoms with Crippen molar-refractivity contribution in [3.05, 3.63) is 132 Å². The first-order valence-corrected chi connectivity index (χ1v) is 13.1. The molecule has 6 heteroatoms. The second kappa shape index (κ2) is 10.8. The van der Waals surface area contributed by atoms with Gasteiger partial charge in [0.1, 0.15) is 0 Å². The molecule has 0 fully saturated rings. The number of hydrogen-bond acceptors (Lipinski definition) is 5. The van der Waals surface area contributed by atoms with E-state index in [-0.39, 0.29) is 0 Å². The maximum Gasteiger partial charge on any atom is 0.160 e. The lowest BCUT2D eigenvalue weighted by atomic mass is 10.00. The monoisotopic (exact) mass is 565 g/mol. The SMILES string of the molecule is N#Cc1ccc(-c2ccc(-c3cc(-c4cc(Br)cc(-c5ccncc5)c4)nc(-c4ccncc4)n3)cc2)cc1. The molecule has 3 heterocycles. The van der Waals surface area contributed by atoms with Gasteiger partial charge in [-0.05, 0) is 82.9 Å². The van der Waals surface area contributed by atoms with Crippen LogP contribution in [0.15, 0.2) is 126 Å². The van der Waals surface area contributed by atoms with E-state index < -0.39 is 0 Å². The van der Waals surface area contributed by atoms with Gasteiger partial charge in [-0.3, -0.25) is 9.97 Å². The Labute approximate surface area is 234 Å². The zero-order chi connectivity index (χ0) is 26.6.